The molecule has 2 rings (SSSR count). The summed E-state index contributed by atoms with van der Waals surface area (Å²) in [4.78, 5) is 10.0. The van der Waals surface area contributed by atoms with E-state index in [4.69, 9.17) is 4.74 Å². The lowest BCUT2D eigenvalue weighted by molar-refractivity contribution is -0.129. The standard InChI is InChI=1S/C10H9NO2/c12-8-13-7-9-3-1-5-11-6-2-4-10(9)11/h1-6,8H,7H2. The Morgan fingerprint density at radius 1 is 1.31 bits per heavy atom. The Hall–Kier alpha value is -1.77. The summed E-state index contributed by atoms with van der Waals surface area (Å²) in [7, 11) is 0. The molecule has 3 nitrogen and oxygen atoms in total. The Labute approximate surface area is 75.6 Å². The molecule has 2 aromatic rings. The first-order valence-corrected chi connectivity index (χ1v) is 4.01. The Morgan fingerprint density at radius 3 is 2.85 bits per heavy atom. The second kappa shape index (κ2) is 3.31. The lowest BCUT2D eigenvalue weighted by Gasteiger charge is -2.02. The van der Waals surface area contributed by atoms with Crippen molar-refractivity contribution in [1.82, 2.24) is 4.40 Å². The van der Waals surface area contributed by atoms with Crippen molar-refractivity contribution in [2.75, 3.05) is 0 Å². The van der Waals surface area contributed by atoms with Crippen LogP contribution in [0.15, 0.2) is 36.7 Å². The fraction of sp³-hybridized carbons (Fsp3) is 0.100. The van der Waals surface area contributed by atoms with Crippen LogP contribution in [0.1, 0.15) is 5.56 Å². The molecular weight excluding hydrogens is 166 g/mol. The molecule has 0 N–H and O–H groups in total. The first-order valence-electron chi connectivity index (χ1n) is 4.01. The van der Waals surface area contributed by atoms with Gasteiger partial charge >= 0.3 is 0 Å². The van der Waals surface area contributed by atoms with Crippen LogP contribution in [0, 0.1) is 0 Å². The van der Waals surface area contributed by atoms with Crippen molar-refractivity contribution in [2.24, 2.45) is 0 Å². The first-order chi connectivity index (χ1) is 6.42. The van der Waals surface area contributed by atoms with E-state index in [2.05, 4.69) is 0 Å². The van der Waals surface area contributed by atoms with Crippen molar-refractivity contribution < 1.29 is 9.53 Å². The number of fused-ring (bicyclic) bond motifs is 1. The van der Waals surface area contributed by atoms with Crippen molar-refractivity contribution >= 4 is 12.0 Å². The van der Waals surface area contributed by atoms with Gasteiger partial charge in [0.05, 0.1) is 5.52 Å². The van der Waals surface area contributed by atoms with Crippen LogP contribution in [0.5, 0.6) is 0 Å². The molecule has 0 fully saturated rings. The van der Waals surface area contributed by atoms with E-state index in [9.17, 15) is 4.79 Å². The maximum absolute atomic E-state index is 10.0. The van der Waals surface area contributed by atoms with Crippen molar-refractivity contribution in [3.63, 3.8) is 0 Å². The first kappa shape index (κ1) is 7.86. The molecule has 0 radical (unpaired) electrons. The SMILES string of the molecule is O=COCc1cccn2cccc12. The predicted molar refractivity (Wildman–Crippen MR) is 48.3 cm³/mol. The third kappa shape index (κ3) is 1.40. The summed E-state index contributed by atoms with van der Waals surface area (Å²) in [6, 6.07) is 7.82. The second-order valence-electron chi connectivity index (χ2n) is 2.74. The minimum Gasteiger partial charge on any atom is -0.463 e. The van der Waals surface area contributed by atoms with Gasteiger partial charge in [-0.15, -0.1) is 0 Å². The van der Waals surface area contributed by atoms with E-state index in [1.54, 1.807) is 0 Å². The lowest BCUT2D eigenvalue weighted by atomic mass is 10.2. The van der Waals surface area contributed by atoms with Gasteiger partial charge in [0.25, 0.3) is 6.47 Å². The van der Waals surface area contributed by atoms with E-state index in [-0.39, 0.29) is 0 Å². The maximum atomic E-state index is 10.0. The van der Waals surface area contributed by atoms with Gasteiger partial charge in [-0.1, -0.05) is 6.07 Å². The molecule has 0 amide bonds. The van der Waals surface area contributed by atoms with E-state index < -0.39 is 0 Å². The second-order valence-corrected chi connectivity index (χ2v) is 2.74. The number of aromatic nitrogens is 1. The Morgan fingerprint density at radius 2 is 2.08 bits per heavy atom. The Bertz CT molecular complexity index is 420. The van der Waals surface area contributed by atoms with Crippen molar-refractivity contribution in [3.8, 4) is 0 Å². The summed E-state index contributed by atoms with van der Waals surface area (Å²) >= 11 is 0. The van der Waals surface area contributed by atoms with E-state index in [1.165, 1.54) is 0 Å². The van der Waals surface area contributed by atoms with Gasteiger partial charge in [0.15, 0.2) is 0 Å². The van der Waals surface area contributed by atoms with Gasteiger partial charge in [0.2, 0.25) is 0 Å². The lowest BCUT2D eigenvalue weighted by Crippen LogP contribution is -1.93. The third-order valence-electron chi connectivity index (χ3n) is 1.96. The van der Waals surface area contributed by atoms with E-state index >= 15 is 0 Å². The number of carbonyl (C=O) groups excluding carboxylic acids is 1. The quantitative estimate of drug-likeness (QED) is 0.663. The molecule has 0 unspecified atom stereocenters. The van der Waals surface area contributed by atoms with Crippen molar-refractivity contribution in [1.29, 1.82) is 0 Å². The monoisotopic (exact) mass is 175 g/mol. The largest absolute Gasteiger partial charge is 0.463 e. The highest BCUT2D eigenvalue weighted by Crippen LogP contribution is 2.11. The fourth-order valence-electron chi connectivity index (χ4n) is 1.38. The van der Waals surface area contributed by atoms with Gasteiger partial charge in [0, 0.05) is 18.0 Å². The molecule has 0 aliphatic carbocycles. The zero-order chi connectivity index (χ0) is 9.10. The molecule has 0 spiro atoms. The number of pyridine rings is 1. The molecular formula is C10H9NO2. The van der Waals surface area contributed by atoms with Crippen LogP contribution in [0.3, 0.4) is 0 Å². The molecule has 3 heteroatoms. The summed E-state index contributed by atoms with van der Waals surface area (Å²) in [5.41, 5.74) is 2.09. The van der Waals surface area contributed by atoms with Crippen molar-refractivity contribution in [2.45, 2.75) is 6.61 Å². The summed E-state index contributed by atoms with van der Waals surface area (Å²) < 4.78 is 6.69. The third-order valence-corrected chi connectivity index (χ3v) is 1.96. The summed E-state index contributed by atoms with van der Waals surface area (Å²) in [5.74, 6) is 0. The number of carbonyl (C=O) groups is 1. The average Bonchev–Trinajstić information content (AvgIpc) is 2.62. The van der Waals surface area contributed by atoms with Crippen LogP contribution < -0.4 is 0 Å². The van der Waals surface area contributed by atoms with Gasteiger partial charge in [-0.25, -0.2) is 0 Å². The number of nitrogens with zero attached hydrogens (tertiary/aromatic N) is 1. The van der Waals surface area contributed by atoms with Crippen LogP contribution in [0.25, 0.3) is 5.52 Å². The molecule has 0 aliphatic rings. The van der Waals surface area contributed by atoms with Crippen LogP contribution in [-0.2, 0) is 16.1 Å². The van der Waals surface area contributed by atoms with Crippen LogP contribution >= 0.6 is 0 Å². The van der Waals surface area contributed by atoms with Gasteiger partial charge in [0.1, 0.15) is 6.61 Å². The van der Waals surface area contributed by atoms with Gasteiger partial charge in [-0.3, -0.25) is 4.79 Å². The molecule has 0 saturated heterocycles. The zero-order valence-electron chi connectivity index (χ0n) is 7.01. The molecule has 0 aromatic carbocycles. The van der Waals surface area contributed by atoms with Crippen LogP contribution in [0.4, 0.5) is 0 Å². The van der Waals surface area contributed by atoms with Gasteiger partial charge in [-0.2, -0.15) is 0 Å². The molecule has 2 aromatic heterocycles. The van der Waals surface area contributed by atoms with Gasteiger partial charge in [-0.05, 0) is 18.2 Å². The highest BCUT2D eigenvalue weighted by molar-refractivity contribution is 5.55. The zero-order valence-corrected chi connectivity index (χ0v) is 7.01. The number of hydrogen-bond acceptors (Lipinski definition) is 2. The number of ether oxygens (including phenoxy) is 1. The predicted octanol–water partition coefficient (Wildman–Crippen LogP) is 1.61. The minimum atomic E-state index is 0.331. The highest BCUT2D eigenvalue weighted by atomic mass is 16.5. The molecule has 0 bridgehead atoms. The van der Waals surface area contributed by atoms with E-state index in [1.807, 2.05) is 41.1 Å². The minimum absolute atomic E-state index is 0.331. The smallest absolute Gasteiger partial charge is 0.293 e. The average molecular weight is 175 g/mol. The summed E-state index contributed by atoms with van der Waals surface area (Å²) in [5, 5.41) is 0. The van der Waals surface area contributed by atoms with E-state index in [0.29, 0.717) is 13.1 Å². The molecule has 0 aliphatic heterocycles. The highest BCUT2D eigenvalue weighted by Gasteiger charge is 1.99. The fourth-order valence-corrected chi connectivity index (χ4v) is 1.38. The van der Waals surface area contributed by atoms with Crippen LogP contribution in [0.2, 0.25) is 0 Å². The number of hydrogen-bond donors (Lipinski definition) is 0. The Balaban J connectivity index is 2.42. The summed E-state index contributed by atoms with van der Waals surface area (Å²) in [6.07, 6.45) is 3.92. The molecule has 0 saturated carbocycles. The topological polar surface area (TPSA) is 30.7 Å². The molecule has 13 heavy (non-hydrogen) atoms. The van der Waals surface area contributed by atoms with Crippen LogP contribution in [-0.4, -0.2) is 10.9 Å². The van der Waals surface area contributed by atoms with Crippen molar-refractivity contribution in [3.05, 3.63) is 42.2 Å². The molecule has 66 valence electrons. The Kier molecular flexibility index (Phi) is 2.00. The molecule has 0 atom stereocenters. The maximum Gasteiger partial charge on any atom is 0.293 e. The number of rotatable bonds is 3. The summed E-state index contributed by atoms with van der Waals surface area (Å²) in [6.45, 7) is 0.796. The molecule has 2 heterocycles. The normalized spacial score (nSPS) is 10.2. The van der Waals surface area contributed by atoms with Gasteiger partial charge < -0.3 is 9.14 Å². The van der Waals surface area contributed by atoms with E-state index in [0.717, 1.165) is 11.1 Å².